The number of hydrogen-bond acceptors (Lipinski definition) is 2. The number of ketones is 1. The van der Waals surface area contributed by atoms with Crippen LogP contribution in [0.5, 0.6) is 0 Å². The molecule has 20 heavy (non-hydrogen) atoms. The second-order valence-electron chi connectivity index (χ2n) is 4.80. The summed E-state index contributed by atoms with van der Waals surface area (Å²) in [6.45, 7) is 0. The monoisotopic (exact) mass is 306 g/mol. The summed E-state index contributed by atoms with van der Waals surface area (Å²) < 4.78 is 13.2. The van der Waals surface area contributed by atoms with Crippen LogP contribution in [0.15, 0.2) is 47.4 Å². The third-order valence-corrected chi connectivity index (χ3v) is 5.11. The van der Waals surface area contributed by atoms with Crippen LogP contribution in [0.1, 0.15) is 11.1 Å². The molecule has 0 spiro atoms. The molecule has 4 heteroatoms. The molecule has 1 atom stereocenters. The van der Waals surface area contributed by atoms with Crippen LogP contribution in [0, 0.1) is 5.82 Å². The summed E-state index contributed by atoms with van der Waals surface area (Å²) in [5.74, 6) is -0.265. The fraction of sp³-hybridized carbons (Fsp3) is 0.188. The lowest BCUT2D eigenvalue weighted by Crippen LogP contribution is -2.18. The number of rotatable bonds is 3. The van der Waals surface area contributed by atoms with E-state index in [2.05, 4.69) is 0 Å². The molecule has 2 aromatic carbocycles. The van der Waals surface area contributed by atoms with Crippen molar-refractivity contribution >= 4 is 29.1 Å². The fourth-order valence-electron chi connectivity index (χ4n) is 2.34. The van der Waals surface area contributed by atoms with Crippen molar-refractivity contribution in [2.24, 2.45) is 0 Å². The molecule has 3 rings (SSSR count). The van der Waals surface area contributed by atoms with Crippen LogP contribution >= 0.6 is 23.4 Å². The predicted octanol–water partition coefficient (Wildman–Crippen LogP) is 4.31. The van der Waals surface area contributed by atoms with Crippen molar-refractivity contribution in [1.29, 1.82) is 0 Å². The average molecular weight is 307 g/mol. The molecule has 1 nitrogen and oxygen atoms in total. The second-order valence-corrected chi connectivity index (χ2v) is 6.45. The van der Waals surface area contributed by atoms with Crippen LogP contribution in [0.2, 0.25) is 5.02 Å². The topological polar surface area (TPSA) is 17.1 Å². The van der Waals surface area contributed by atoms with Crippen LogP contribution in [-0.2, 0) is 17.6 Å². The SMILES string of the molecule is O=C(Cc1cc(F)ccc1Cl)C1Cc2ccccc2S1. The first-order chi connectivity index (χ1) is 9.63. The Kier molecular flexibility index (Phi) is 3.81. The van der Waals surface area contributed by atoms with Crippen LogP contribution in [0.3, 0.4) is 0 Å². The van der Waals surface area contributed by atoms with E-state index in [-0.39, 0.29) is 23.3 Å². The highest BCUT2D eigenvalue weighted by Crippen LogP contribution is 2.37. The molecule has 0 N–H and O–H groups in total. The average Bonchev–Trinajstić information content (AvgIpc) is 2.87. The minimum atomic E-state index is -0.362. The fourth-order valence-corrected chi connectivity index (χ4v) is 3.77. The smallest absolute Gasteiger partial charge is 0.150 e. The first kappa shape index (κ1) is 13.7. The number of carbonyl (C=O) groups excluding carboxylic acids is 1. The van der Waals surface area contributed by atoms with Crippen molar-refractivity contribution in [2.75, 3.05) is 0 Å². The molecule has 1 unspecified atom stereocenters. The molecule has 102 valence electrons. The van der Waals surface area contributed by atoms with Gasteiger partial charge in [0.25, 0.3) is 0 Å². The van der Waals surface area contributed by atoms with Gasteiger partial charge in [0.1, 0.15) is 5.82 Å². The van der Waals surface area contributed by atoms with Gasteiger partial charge in [0.05, 0.1) is 5.25 Å². The van der Waals surface area contributed by atoms with Gasteiger partial charge in [0.2, 0.25) is 0 Å². The number of hydrogen-bond donors (Lipinski definition) is 0. The van der Waals surface area contributed by atoms with E-state index in [9.17, 15) is 9.18 Å². The van der Waals surface area contributed by atoms with E-state index in [1.165, 1.54) is 23.8 Å². The van der Waals surface area contributed by atoms with Gasteiger partial charge in [-0.25, -0.2) is 4.39 Å². The molecular formula is C16H12ClFOS. The van der Waals surface area contributed by atoms with Gasteiger partial charge in [-0.1, -0.05) is 29.8 Å². The quantitative estimate of drug-likeness (QED) is 0.840. The number of fused-ring (bicyclic) bond motifs is 1. The highest BCUT2D eigenvalue weighted by molar-refractivity contribution is 8.01. The molecule has 0 aliphatic carbocycles. The van der Waals surface area contributed by atoms with Crippen LogP contribution in [-0.4, -0.2) is 11.0 Å². The zero-order chi connectivity index (χ0) is 14.1. The van der Waals surface area contributed by atoms with Gasteiger partial charge < -0.3 is 0 Å². The summed E-state index contributed by atoms with van der Waals surface area (Å²) in [5.41, 5.74) is 1.77. The van der Waals surface area contributed by atoms with Crippen molar-refractivity contribution in [3.05, 3.63) is 64.4 Å². The lowest BCUT2D eigenvalue weighted by molar-refractivity contribution is -0.117. The maximum Gasteiger partial charge on any atom is 0.150 e. The van der Waals surface area contributed by atoms with Crippen molar-refractivity contribution < 1.29 is 9.18 Å². The summed E-state index contributed by atoms with van der Waals surface area (Å²) in [7, 11) is 0. The molecule has 0 fully saturated rings. The third-order valence-electron chi connectivity index (χ3n) is 3.38. The summed E-state index contributed by atoms with van der Waals surface area (Å²) in [6.07, 6.45) is 0.925. The molecular weight excluding hydrogens is 295 g/mol. The van der Waals surface area contributed by atoms with E-state index >= 15 is 0 Å². The molecule has 1 aliphatic rings. The van der Waals surface area contributed by atoms with Gasteiger partial charge in [-0.3, -0.25) is 4.79 Å². The maximum atomic E-state index is 13.2. The van der Waals surface area contributed by atoms with Crippen molar-refractivity contribution in [2.45, 2.75) is 23.0 Å². The molecule has 0 radical (unpaired) electrons. The first-order valence-corrected chi connectivity index (χ1v) is 7.60. The molecule has 1 heterocycles. The Balaban J connectivity index is 1.74. The summed E-state index contributed by atoms with van der Waals surface area (Å²) in [6, 6.07) is 12.2. The lowest BCUT2D eigenvalue weighted by atomic mass is 10.0. The Morgan fingerprint density at radius 1 is 1.30 bits per heavy atom. The van der Waals surface area contributed by atoms with E-state index in [0.29, 0.717) is 10.6 Å². The number of benzene rings is 2. The molecule has 2 aromatic rings. The zero-order valence-electron chi connectivity index (χ0n) is 10.6. The van der Waals surface area contributed by atoms with Crippen molar-refractivity contribution in [3.63, 3.8) is 0 Å². The Morgan fingerprint density at radius 3 is 2.90 bits per heavy atom. The zero-order valence-corrected chi connectivity index (χ0v) is 12.2. The van der Waals surface area contributed by atoms with Crippen LogP contribution in [0.4, 0.5) is 4.39 Å². The standard InChI is InChI=1S/C16H12ClFOS/c17-13-6-5-12(18)7-11(13)8-14(19)16-9-10-3-1-2-4-15(10)20-16/h1-7,16H,8-9H2. The lowest BCUT2D eigenvalue weighted by Gasteiger charge is -2.08. The summed E-state index contributed by atoms with van der Waals surface area (Å²) >= 11 is 7.60. The van der Waals surface area contributed by atoms with E-state index in [4.69, 9.17) is 11.6 Å². The summed E-state index contributed by atoms with van der Waals surface area (Å²) in [4.78, 5) is 13.5. The van der Waals surface area contributed by atoms with Crippen molar-refractivity contribution in [3.8, 4) is 0 Å². The number of Topliss-reactive ketones (excluding diaryl/α,β-unsaturated/α-hetero) is 1. The first-order valence-electron chi connectivity index (χ1n) is 6.34. The number of carbonyl (C=O) groups is 1. The van der Waals surface area contributed by atoms with E-state index in [0.717, 1.165) is 11.3 Å². The highest BCUT2D eigenvalue weighted by atomic mass is 35.5. The minimum Gasteiger partial charge on any atom is -0.298 e. The molecule has 0 bridgehead atoms. The molecule has 0 aromatic heterocycles. The van der Waals surface area contributed by atoms with Gasteiger partial charge in [-0.15, -0.1) is 11.8 Å². The normalized spacial score (nSPS) is 17.0. The molecule has 0 amide bonds. The summed E-state index contributed by atoms with van der Waals surface area (Å²) in [5, 5.41) is 0.354. The minimum absolute atomic E-state index is 0.0910. The number of thioether (sulfide) groups is 1. The van der Waals surface area contributed by atoms with E-state index in [1.54, 1.807) is 11.8 Å². The van der Waals surface area contributed by atoms with Gasteiger partial charge in [0.15, 0.2) is 5.78 Å². The predicted molar refractivity (Wildman–Crippen MR) is 79.9 cm³/mol. The maximum absolute atomic E-state index is 13.2. The van der Waals surface area contributed by atoms with Gasteiger partial charge in [-0.2, -0.15) is 0 Å². The molecule has 0 saturated carbocycles. The third kappa shape index (κ3) is 2.74. The van der Waals surface area contributed by atoms with Crippen molar-refractivity contribution in [1.82, 2.24) is 0 Å². The van der Waals surface area contributed by atoms with Crippen LogP contribution < -0.4 is 0 Å². The van der Waals surface area contributed by atoms with Gasteiger partial charge >= 0.3 is 0 Å². The highest BCUT2D eigenvalue weighted by Gasteiger charge is 2.28. The van der Waals surface area contributed by atoms with E-state index < -0.39 is 0 Å². The Hall–Kier alpha value is -1.32. The Labute approximate surface area is 126 Å². The van der Waals surface area contributed by atoms with Gasteiger partial charge in [0, 0.05) is 16.3 Å². The van der Waals surface area contributed by atoms with E-state index in [1.807, 2.05) is 24.3 Å². The van der Waals surface area contributed by atoms with Gasteiger partial charge in [-0.05, 0) is 41.8 Å². The van der Waals surface area contributed by atoms with Crippen LogP contribution in [0.25, 0.3) is 0 Å². The molecule has 1 aliphatic heterocycles. The largest absolute Gasteiger partial charge is 0.298 e. The Morgan fingerprint density at radius 2 is 2.10 bits per heavy atom. The number of halogens is 2. The molecule has 0 saturated heterocycles. The Bertz CT molecular complexity index is 646. The second kappa shape index (κ2) is 5.58.